The van der Waals surface area contributed by atoms with Crippen LogP contribution in [0, 0.1) is 6.92 Å². The zero-order chi connectivity index (χ0) is 19.4. The van der Waals surface area contributed by atoms with Crippen molar-refractivity contribution in [3.8, 4) is 11.5 Å². The Kier molecular flexibility index (Phi) is 5.45. The fourth-order valence-corrected chi connectivity index (χ4v) is 2.83. The minimum absolute atomic E-state index is 0.00339. The van der Waals surface area contributed by atoms with Crippen LogP contribution in [0.2, 0.25) is 0 Å². The molecule has 0 aliphatic rings. The lowest BCUT2D eigenvalue weighted by atomic mass is 10.1. The Morgan fingerprint density at radius 3 is 2.56 bits per heavy atom. The van der Waals surface area contributed by atoms with Crippen molar-refractivity contribution in [2.24, 2.45) is 0 Å². The molecule has 1 aromatic heterocycles. The molecular weight excluding hydrogens is 346 g/mol. The standard InChI is InChI=1S/C21H21NO5/c1-13-4-6-17-15(10-13)16(23)12-20(27-17)21(24)22-9-8-14-5-7-18(25-2)19(11-14)26-3/h4-7,10-12H,8-9H2,1-3H3,(H,22,24). The predicted octanol–water partition coefficient (Wildman–Crippen LogP) is 3.09. The summed E-state index contributed by atoms with van der Waals surface area (Å²) in [5.41, 5.74) is 2.12. The third-order valence-electron chi connectivity index (χ3n) is 4.25. The highest BCUT2D eigenvalue weighted by molar-refractivity contribution is 5.93. The number of ether oxygens (including phenoxy) is 2. The normalized spacial score (nSPS) is 10.6. The molecule has 0 fully saturated rings. The molecule has 6 heteroatoms. The summed E-state index contributed by atoms with van der Waals surface area (Å²) in [6, 6.07) is 12.1. The van der Waals surface area contributed by atoms with E-state index in [0.717, 1.165) is 11.1 Å². The number of benzene rings is 2. The van der Waals surface area contributed by atoms with Crippen LogP contribution in [0.4, 0.5) is 0 Å². The first-order chi connectivity index (χ1) is 13.0. The third-order valence-corrected chi connectivity index (χ3v) is 4.25. The van der Waals surface area contributed by atoms with Gasteiger partial charge in [0.15, 0.2) is 22.7 Å². The van der Waals surface area contributed by atoms with Crippen molar-refractivity contribution in [3.63, 3.8) is 0 Å². The summed E-state index contributed by atoms with van der Waals surface area (Å²) in [6.07, 6.45) is 0.600. The predicted molar refractivity (Wildman–Crippen MR) is 103 cm³/mol. The number of hydrogen-bond acceptors (Lipinski definition) is 5. The van der Waals surface area contributed by atoms with E-state index in [4.69, 9.17) is 13.9 Å². The Balaban J connectivity index is 1.68. The second-order valence-electron chi connectivity index (χ2n) is 6.17. The van der Waals surface area contributed by atoms with E-state index in [1.165, 1.54) is 6.07 Å². The molecule has 0 spiro atoms. The number of methoxy groups -OCH3 is 2. The van der Waals surface area contributed by atoms with Crippen LogP contribution in [0.3, 0.4) is 0 Å². The summed E-state index contributed by atoms with van der Waals surface area (Å²) < 4.78 is 16.1. The number of rotatable bonds is 6. The zero-order valence-corrected chi connectivity index (χ0v) is 15.5. The van der Waals surface area contributed by atoms with Gasteiger partial charge in [0.25, 0.3) is 5.91 Å². The molecule has 0 aliphatic carbocycles. The summed E-state index contributed by atoms with van der Waals surface area (Å²) in [5.74, 6) is 0.870. The highest BCUT2D eigenvalue weighted by Gasteiger charge is 2.12. The van der Waals surface area contributed by atoms with Gasteiger partial charge in [-0.2, -0.15) is 0 Å². The van der Waals surface area contributed by atoms with Crippen LogP contribution in [-0.4, -0.2) is 26.7 Å². The van der Waals surface area contributed by atoms with Gasteiger partial charge in [0, 0.05) is 12.6 Å². The summed E-state index contributed by atoms with van der Waals surface area (Å²) in [4.78, 5) is 24.5. The van der Waals surface area contributed by atoms with Gasteiger partial charge in [-0.25, -0.2) is 0 Å². The molecule has 2 aromatic carbocycles. The smallest absolute Gasteiger partial charge is 0.287 e. The van der Waals surface area contributed by atoms with Crippen molar-refractivity contribution in [2.75, 3.05) is 20.8 Å². The average Bonchev–Trinajstić information content (AvgIpc) is 2.68. The van der Waals surface area contributed by atoms with Gasteiger partial charge in [-0.05, 0) is 43.2 Å². The van der Waals surface area contributed by atoms with Crippen LogP contribution in [0.1, 0.15) is 21.7 Å². The van der Waals surface area contributed by atoms with Crippen molar-refractivity contribution in [1.82, 2.24) is 5.32 Å². The number of fused-ring (bicyclic) bond motifs is 1. The Morgan fingerprint density at radius 2 is 1.81 bits per heavy atom. The summed E-state index contributed by atoms with van der Waals surface area (Å²) >= 11 is 0. The molecule has 0 radical (unpaired) electrons. The van der Waals surface area contributed by atoms with Crippen LogP contribution in [0.15, 0.2) is 51.7 Å². The molecule has 0 atom stereocenters. The van der Waals surface area contributed by atoms with Gasteiger partial charge in [0.05, 0.1) is 19.6 Å². The summed E-state index contributed by atoms with van der Waals surface area (Å²) in [5, 5.41) is 3.24. The van der Waals surface area contributed by atoms with E-state index in [9.17, 15) is 9.59 Å². The molecule has 0 bridgehead atoms. The van der Waals surface area contributed by atoms with Crippen molar-refractivity contribution in [1.29, 1.82) is 0 Å². The second-order valence-corrected chi connectivity index (χ2v) is 6.17. The van der Waals surface area contributed by atoms with E-state index < -0.39 is 5.91 Å². The highest BCUT2D eigenvalue weighted by Crippen LogP contribution is 2.27. The number of nitrogens with one attached hydrogen (secondary N) is 1. The van der Waals surface area contributed by atoms with Crippen molar-refractivity contribution < 1.29 is 18.7 Å². The summed E-state index contributed by atoms with van der Waals surface area (Å²) in [6.45, 7) is 2.29. The lowest BCUT2D eigenvalue weighted by molar-refractivity contribution is 0.0927. The second kappa shape index (κ2) is 7.95. The molecule has 0 saturated heterocycles. The lowest BCUT2D eigenvalue weighted by Crippen LogP contribution is -2.26. The molecule has 27 heavy (non-hydrogen) atoms. The Hall–Kier alpha value is -3.28. The molecule has 3 rings (SSSR count). The van der Waals surface area contributed by atoms with Crippen LogP contribution in [0.5, 0.6) is 11.5 Å². The van der Waals surface area contributed by atoms with Crippen molar-refractivity contribution in [3.05, 3.63) is 69.6 Å². The first-order valence-corrected chi connectivity index (χ1v) is 8.55. The van der Waals surface area contributed by atoms with Crippen LogP contribution in [-0.2, 0) is 6.42 Å². The number of hydrogen-bond donors (Lipinski definition) is 1. The number of carbonyl (C=O) groups excluding carboxylic acids is 1. The minimum atomic E-state index is -0.421. The Morgan fingerprint density at radius 1 is 1.04 bits per heavy atom. The van der Waals surface area contributed by atoms with E-state index >= 15 is 0 Å². The van der Waals surface area contributed by atoms with Gasteiger partial charge in [-0.3, -0.25) is 9.59 Å². The molecule has 0 aliphatic heterocycles. The van der Waals surface area contributed by atoms with E-state index in [1.54, 1.807) is 26.4 Å². The fraction of sp³-hybridized carbons (Fsp3) is 0.238. The summed E-state index contributed by atoms with van der Waals surface area (Å²) in [7, 11) is 3.16. The first kappa shape index (κ1) is 18.5. The van der Waals surface area contributed by atoms with Gasteiger partial charge in [-0.15, -0.1) is 0 Å². The SMILES string of the molecule is COc1ccc(CCNC(=O)c2cc(=O)c3cc(C)ccc3o2)cc1OC. The van der Waals surface area contributed by atoms with E-state index in [2.05, 4.69) is 5.32 Å². The molecule has 1 heterocycles. The van der Waals surface area contributed by atoms with Crippen molar-refractivity contribution in [2.45, 2.75) is 13.3 Å². The maximum atomic E-state index is 12.3. The molecule has 140 valence electrons. The zero-order valence-electron chi connectivity index (χ0n) is 15.5. The average molecular weight is 367 g/mol. The minimum Gasteiger partial charge on any atom is -0.493 e. The van der Waals surface area contributed by atoms with Crippen LogP contribution >= 0.6 is 0 Å². The van der Waals surface area contributed by atoms with E-state index in [1.807, 2.05) is 31.2 Å². The van der Waals surface area contributed by atoms with E-state index in [0.29, 0.717) is 35.4 Å². The number of aryl methyl sites for hydroxylation is 1. The molecule has 0 unspecified atom stereocenters. The van der Waals surface area contributed by atoms with Gasteiger partial charge < -0.3 is 19.2 Å². The van der Waals surface area contributed by atoms with Crippen molar-refractivity contribution >= 4 is 16.9 Å². The first-order valence-electron chi connectivity index (χ1n) is 8.55. The molecule has 1 amide bonds. The molecular formula is C21H21NO5. The van der Waals surface area contributed by atoms with E-state index in [-0.39, 0.29) is 11.2 Å². The Bertz CT molecular complexity index is 1040. The fourth-order valence-electron chi connectivity index (χ4n) is 2.83. The Labute approximate surface area is 156 Å². The number of carbonyl (C=O) groups is 1. The molecule has 6 nitrogen and oxygen atoms in total. The topological polar surface area (TPSA) is 77.8 Å². The lowest BCUT2D eigenvalue weighted by Gasteiger charge is -2.10. The number of amides is 1. The van der Waals surface area contributed by atoms with Crippen LogP contribution < -0.4 is 20.2 Å². The largest absolute Gasteiger partial charge is 0.493 e. The maximum Gasteiger partial charge on any atom is 0.287 e. The molecule has 1 N–H and O–H groups in total. The molecule has 3 aromatic rings. The van der Waals surface area contributed by atoms with Gasteiger partial charge in [0.1, 0.15) is 5.58 Å². The molecule has 0 saturated carbocycles. The van der Waals surface area contributed by atoms with Gasteiger partial charge >= 0.3 is 0 Å². The van der Waals surface area contributed by atoms with Crippen LogP contribution in [0.25, 0.3) is 11.0 Å². The quantitative estimate of drug-likeness (QED) is 0.724. The van der Waals surface area contributed by atoms with Gasteiger partial charge in [-0.1, -0.05) is 17.7 Å². The third kappa shape index (κ3) is 4.11. The monoisotopic (exact) mass is 367 g/mol. The maximum absolute atomic E-state index is 12.3. The highest BCUT2D eigenvalue weighted by atomic mass is 16.5. The van der Waals surface area contributed by atoms with Gasteiger partial charge in [0.2, 0.25) is 0 Å².